The lowest BCUT2D eigenvalue weighted by Gasteiger charge is -2.65. The highest BCUT2D eigenvalue weighted by Gasteiger charge is 2.72. The van der Waals surface area contributed by atoms with Gasteiger partial charge in [0.2, 0.25) is 12.1 Å². The van der Waals surface area contributed by atoms with Crippen molar-refractivity contribution in [1.29, 1.82) is 0 Å². The summed E-state index contributed by atoms with van der Waals surface area (Å²) in [5.74, 6) is -1.87. The summed E-state index contributed by atoms with van der Waals surface area (Å²) >= 11 is 0. The molecule has 0 bridgehead atoms. The second kappa shape index (κ2) is 8.24. The Morgan fingerprint density at radius 3 is 2.47 bits per heavy atom. The number of aliphatic hydroxyl groups is 4. The summed E-state index contributed by atoms with van der Waals surface area (Å²) in [5, 5.41) is 45.9. The zero-order valence-corrected chi connectivity index (χ0v) is 22.5. The molecule has 9 heteroatoms. The highest BCUT2D eigenvalue weighted by atomic mass is 16.8. The molecule has 0 unspecified atom stereocenters. The number of fused-ring (bicyclic) bond motifs is 7. The molecule has 3 heterocycles. The number of hydrogen-bond donors (Lipinski definition) is 4. The third kappa shape index (κ3) is 3.21. The van der Waals surface area contributed by atoms with E-state index >= 15 is 0 Å². The minimum atomic E-state index is -1.89. The van der Waals surface area contributed by atoms with Crippen LogP contribution in [0.4, 0.5) is 0 Å². The summed E-state index contributed by atoms with van der Waals surface area (Å²) in [6.07, 6.45) is 3.29. The Hall–Kier alpha value is -1.07. The lowest BCUT2D eigenvalue weighted by molar-refractivity contribution is -0.458. The summed E-state index contributed by atoms with van der Waals surface area (Å²) < 4.78 is 23.6. The van der Waals surface area contributed by atoms with Crippen molar-refractivity contribution in [2.45, 2.75) is 120 Å². The lowest BCUT2D eigenvalue weighted by atomic mass is 9.42. The normalized spacial score (nSPS) is 59.6. The number of carbonyl (C=O) groups is 1. The molecule has 0 aromatic heterocycles. The van der Waals surface area contributed by atoms with Crippen molar-refractivity contribution >= 4 is 5.97 Å². The Morgan fingerprint density at radius 2 is 1.74 bits per heavy atom. The smallest absolute Gasteiger partial charge is 0.331 e. The second-order valence-electron chi connectivity index (χ2n) is 14.0. The standard InChI is InChI=1S/C29H42O9/c1-14-8-23(31)29(34)25(36-14)37-20-10-16-4-5-18-17(26(16,2)12-21(20)38-29)6-7-27(3)19(11-22(30)28(18,27)33)15-9-24(32)35-13-15/h9,14,16-23,25,30-31,33-34H,4-8,10-13H2,1-3H3/t14-,16-,17+,18-,19-,20-,21-,22-,23+,25+,26+,27-,28-,29+/m1/s1. The van der Waals surface area contributed by atoms with Crippen molar-refractivity contribution in [2.24, 2.45) is 34.5 Å². The first kappa shape index (κ1) is 25.9. The second-order valence-corrected chi connectivity index (χ2v) is 14.0. The van der Waals surface area contributed by atoms with Crippen LogP contribution < -0.4 is 0 Å². The molecular weight excluding hydrogens is 492 g/mol. The highest BCUT2D eigenvalue weighted by Crippen LogP contribution is 2.70. The first-order valence-electron chi connectivity index (χ1n) is 14.6. The number of aliphatic hydroxyl groups excluding tert-OH is 2. The Labute approximate surface area is 223 Å². The van der Waals surface area contributed by atoms with Gasteiger partial charge in [0.15, 0.2) is 0 Å². The van der Waals surface area contributed by atoms with Crippen LogP contribution >= 0.6 is 0 Å². The quantitative estimate of drug-likeness (QED) is 0.293. The fourth-order valence-corrected chi connectivity index (χ4v) is 10.3. The molecule has 9 nitrogen and oxygen atoms in total. The van der Waals surface area contributed by atoms with Crippen LogP contribution in [0.15, 0.2) is 11.6 Å². The van der Waals surface area contributed by atoms with Gasteiger partial charge in [0.1, 0.15) is 12.7 Å². The summed E-state index contributed by atoms with van der Waals surface area (Å²) in [4.78, 5) is 11.8. The minimum absolute atomic E-state index is 0.0810. The van der Waals surface area contributed by atoms with Gasteiger partial charge in [0.05, 0.1) is 30.0 Å². The fourth-order valence-electron chi connectivity index (χ4n) is 10.3. The maximum Gasteiger partial charge on any atom is 0.331 e. The average Bonchev–Trinajstić information content (AvgIpc) is 3.36. The van der Waals surface area contributed by atoms with Crippen molar-refractivity contribution in [3.05, 3.63) is 11.6 Å². The van der Waals surface area contributed by atoms with E-state index in [0.717, 1.165) is 37.7 Å². The van der Waals surface area contributed by atoms with Crippen LogP contribution in [0.5, 0.6) is 0 Å². The number of hydrogen-bond acceptors (Lipinski definition) is 9. The molecule has 2 saturated heterocycles. The van der Waals surface area contributed by atoms with Gasteiger partial charge in [-0.15, -0.1) is 0 Å². The molecule has 0 amide bonds. The molecule has 4 saturated carbocycles. The largest absolute Gasteiger partial charge is 0.458 e. The van der Waals surface area contributed by atoms with E-state index in [0.29, 0.717) is 18.8 Å². The van der Waals surface area contributed by atoms with Crippen LogP contribution in [0.3, 0.4) is 0 Å². The van der Waals surface area contributed by atoms with Gasteiger partial charge in [-0.2, -0.15) is 0 Å². The minimum Gasteiger partial charge on any atom is -0.458 e. The maximum absolute atomic E-state index is 12.5. The van der Waals surface area contributed by atoms with Gasteiger partial charge in [0, 0.05) is 17.9 Å². The molecule has 6 fully saturated rings. The highest BCUT2D eigenvalue weighted by molar-refractivity contribution is 5.85. The van der Waals surface area contributed by atoms with E-state index in [1.165, 1.54) is 0 Å². The van der Waals surface area contributed by atoms with E-state index in [2.05, 4.69) is 13.8 Å². The van der Waals surface area contributed by atoms with Gasteiger partial charge < -0.3 is 39.4 Å². The summed E-state index contributed by atoms with van der Waals surface area (Å²) in [5.41, 5.74) is -1.08. The number of rotatable bonds is 1. The van der Waals surface area contributed by atoms with E-state index in [1.54, 1.807) is 6.08 Å². The average molecular weight is 535 g/mol. The predicted molar refractivity (Wildman–Crippen MR) is 132 cm³/mol. The maximum atomic E-state index is 12.5. The monoisotopic (exact) mass is 534 g/mol. The molecule has 0 aromatic carbocycles. The van der Waals surface area contributed by atoms with Crippen LogP contribution in [0.2, 0.25) is 0 Å². The van der Waals surface area contributed by atoms with Gasteiger partial charge in [0.25, 0.3) is 0 Å². The van der Waals surface area contributed by atoms with E-state index in [9.17, 15) is 25.2 Å². The SMILES string of the molecule is C[C@@H]1C[C@H](O)[C@]2(O)O[C@@H]3C[C@@]4(C)[C@H](CC[C@@H]5[C@@H]4CC[C@]4(C)[C@@H](C6=CC(=O)OC6)C[C@@H](O)[C@]54O)C[C@H]3O[C@@H]2O1. The number of esters is 1. The molecule has 4 N–H and O–H groups in total. The molecule has 0 radical (unpaired) electrons. The Bertz CT molecular complexity index is 1050. The van der Waals surface area contributed by atoms with Crippen LogP contribution in [0.1, 0.15) is 72.1 Å². The van der Waals surface area contributed by atoms with Crippen LogP contribution in [0, 0.1) is 34.5 Å². The Kier molecular flexibility index (Phi) is 5.61. The molecule has 4 aliphatic carbocycles. The van der Waals surface area contributed by atoms with Gasteiger partial charge in [-0.1, -0.05) is 13.8 Å². The predicted octanol–water partition coefficient (Wildman–Crippen LogP) is 1.79. The third-order valence-corrected chi connectivity index (χ3v) is 12.4. The fraction of sp³-hybridized carbons (Fsp3) is 0.897. The van der Waals surface area contributed by atoms with Gasteiger partial charge in [-0.05, 0) is 86.5 Å². The van der Waals surface area contributed by atoms with Gasteiger partial charge in [-0.25, -0.2) is 4.79 Å². The van der Waals surface area contributed by atoms with Crippen molar-refractivity contribution < 1.29 is 44.2 Å². The molecule has 7 aliphatic rings. The molecule has 0 spiro atoms. The Balaban J connectivity index is 1.17. The van der Waals surface area contributed by atoms with E-state index in [-0.39, 0.29) is 60.5 Å². The first-order valence-corrected chi connectivity index (χ1v) is 14.6. The molecular formula is C29H42O9. The topological polar surface area (TPSA) is 135 Å². The van der Waals surface area contributed by atoms with E-state index in [1.807, 2.05) is 6.92 Å². The molecule has 38 heavy (non-hydrogen) atoms. The molecule has 7 rings (SSSR count). The van der Waals surface area contributed by atoms with Gasteiger partial charge in [-0.3, -0.25) is 0 Å². The van der Waals surface area contributed by atoms with Gasteiger partial charge >= 0.3 is 5.97 Å². The van der Waals surface area contributed by atoms with E-state index < -0.39 is 35.3 Å². The van der Waals surface area contributed by atoms with Crippen molar-refractivity contribution in [2.75, 3.05) is 6.61 Å². The number of carbonyl (C=O) groups excluding carboxylic acids is 1. The molecule has 14 atom stereocenters. The zero-order chi connectivity index (χ0) is 26.8. The Morgan fingerprint density at radius 1 is 0.947 bits per heavy atom. The number of cyclic esters (lactones) is 1. The first-order chi connectivity index (χ1) is 17.9. The van der Waals surface area contributed by atoms with Crippen molar-refractivity contribution in [3.63, 3.8) is 0 Å². The van der Waals surface area contributed by atoms with Crippen molar-refractivity contribution in [1.82, 2.24) is 0 Å². The van der Waals surface area contributed by atoms with Crippen LogP contribution in [-0.2, 0) is 23.7 Å². The molecule has 0 aromatic rings. The van der Waals surface area contributed by atoms with Crippen LogP contribution in [-0.4, -0.2) is 81.2 Å². The number of ether oxygens (including phenoxy) is 4. The zero-order valence-electron chi connectivity index (χ0n) is 22.5. The van der Waals surface area contributed by atoms with Crippen molar-refractivity contribution in [3.8, 4) is 0 Å². The summed E-state index contributed by atoms with van der Waals surface area (Å²) in [6, 6.07) is 0. The summed E-state index contributed by atoms with van der Waals surface area (Å²) in [7, 11) is 0. The lowest BCUT2D eigenvalue weighted by Crippen LogP contribution is -2.71. The summed E-state index contributed by atoms with van der Waals surface area (Å²) in [6.45, 7) is 6.48. The van der Waals surface area contributed by atoms with Crippen LogP contribution in [0.25, 0.3) is 0 Å². The third-order valence-electron chi connectivity index (χ3n) is 12.4. The molecule has 212 valence electrons. The van der Waals surface area contributed by atoms with E-state index in [4.69, 9.17) is 18.9 Å². The molecule has 3 aliphatic heterocycles.